The first-order valence-electron chi connectivity index (χ1n) is 7.05. The number of nitrogens with two attached hydrogens (primary N) is 1. The number of carbonyl (C=O) groups excluding carboxylic acids is 1. The smallest absolute Gasteiger partial charge is 0.407 e. The van der Waals surface area contributed by atoms with E-state index in [4.69, 9.17) is 10.2 Å². The number of carbonyl (C=O) groups is 1. The summed E-state index contributed by atoms with van der Waals surface area (Å²) in [6.45, 7) is 2.00. The number of benzene rings is 2. The summed E-state index contributed by atoms with van der Waals surface area (Å²) in [7, 11) is 0. The second-order valence-corrected chi connectivity index (χ2v) is 5.25. The molecule has 3 rings (SSSR count). The van der Waals surface area contributed by atoms with E-state index in [9.17, 15) is 9.59 Å². The largest absolute Gasteiger partial charge is 0.426 e. The van der Waals surface area contributed by atoms with Gasteiger partial charge in [0, 0.05) is 18.2 Å². The van der Waals surface area contributed by atoms with Crippen LogP contribution in [0, 0.1) is 6.92 Å². The molecule has 0 fully saturated rings. The monoisotopic (exact) mass is 296 g/mol. The van der Waals surface area contributed by atoms with Crippen molar-refractivity contribution in [3.8, 4) is 0 Å². The molecule has 0 unspecified atom stereocenters. The van der Waals surface area contributed by atoms with Gasteiger partial charge in [0.05, 0.1) is 5.52 Å². The van der Waals surface area contributed by atoms with E-state index in [-0.39, 0.29) is 12.3 Å². The third kappa shape index (κ3) is 2.53. The first-order chi connectivity index (χ1) is 10.6. The van der Waals surface area contributed by atoms with E-state index in [1.54, 1.807) is 18.2 Å². The number of fused-ring (bicyclic) bond motifs is 1. The summed E-state index contributed by atoms with van der Waals surface area (Å²) in [5.74, 6) is -0.952. The summed E-state index contributed by atoms with van der Waals surface area (Å²) >= 11 is 0. The van der Waals surface area contributed by atoms with Crippen molar-refractivity contribution < 1.29 is 9.21 Å². The van der Waals surface area contributed by atoms with Crippen LogP contribution in [-0.4, -0.2) is 10.5 Å². The van der Waals surface area contributed by atoms with E-state index >= 15 is 0 Å². The van der Waals surface area contributed by atoms with Crippen molar-refractivity contribution >= 4 is 22.7 Å². The van der Waals surface area contributed by atoms with Crippen LogP contribution in [0.15, 0.2) is 51.7 Å². The summed E-state index contributed by atoms with van der Waals surface area (Å²) < 4.78 is 6.16. The second kappa shape index (κ2) is 5.52. The van der Waals surface area contributed by atoms with Gasteiger partial charge in [-0.05, 0) is 36.6 Å². The minimum Gasteiger partial charge on any atom is -0.407 e. The Bertz CT molecular complexity index is 906. The topological polar surface area (TPSA) is 78.2 Å². The molecule has 0 aliphatic rings. The Balaban J connectivity index is 1.88. The Morgan fingerprint density at radius 2 is 2.00 bits per heavy atom. The molecule has 5 heteroatoms. The molecule has 1 heterocycles. The Labute approximate surface area is 127 Å². The van der Waals surface area contributed by atoms with Gasteiger partial charge in [-0.15, -0.1) is 0 Å². The highest BCUT2D eigenvalue weighted by Crippen LogP contribution is 2.17. The number of hydrogen-bond acceptors (Lipinski definition) is 4. The molecule has 112 valence electrons. The van der Waals surface area contributed by atoms with Crippen LogP contribution in [0.5, 0.6) is 0 Å². The molecule has 0 aliphatic heterocycles. The van der Waals surface area contributed by atoms with Gasteiger partial charge in [0.1, 0.15) is 0 Å². The van der Waals surface area contributed by atoms with E-state index in [2.05, 4.69) is 0 Å². The molecule has 0 amide bonds. The number of rotatable bonds is 3. The lowest BCUT2D eigenvalue weighted by atomic mass is 10.0. The fourth-order valence-electron chi connectivity index (χ4n) is 2.52. The highest BCUT2D eigenvalue weighted by atomic mass is 16.4. The first kappa shape index (κ1) is 14.1. The van der Waals surface area contributed by atoms with E-state index < -0.39 is 5.76 Å². The average molecular weight is 296 g/mol. The quantitative estimate of drug-likeness (QED) is 0.754. The number of anilines is 1. The number of aryl methyl sites for hydroxylation is 2. The van der Waals surface area contributed by atoms with Crippen LogP contribution in [0.3, 0.4) is 0 Å². The third-order valence-corrected chi connectivity index (χ3v) is 3.72. The molecule has 3 aromatic rings. The molecule has 0 spiro atoms. The second-order valence-electron chi connectivity index (χ2n) is 5.25. The summed E-state index contributed by atoms with van der Waals surface area (Å²) in [4.78, 5) is 24.3. The number of nitrogen functional groups attached to an aromatic ring is 1. The average Bonchev–Trinajstić information content (AvgIpc) is 2.81. The van der Waals surface area contributed by atoms with Gasteiger partial charge in [-0.2, -0.15) is 0 Å². The molecule has 0 atom stereocenters. The highest BCUT2D eigenvalue weighted by molar-refractivity contribution is 5.90. The van der Waals surface area contributed by atoms with Gasteiger partial charge in [-0.3, -0.25) is 4.79 Å². The van der Waals surface area contributed by atoms with Crippen LogP contribution < -0.4 is 11.5 Å². The molecule has 0 aliphatic carbocycles. The normalized spacial score (nSPS) is 11.0. The molecule has 0 saturated carbocycles. The van der Waals surface area contributed by atoms with Gasteiger partial charge in [0.2, 0.25) is 5.91 Å². The van der Waals surface area contributed by atoms with Crippen molar-refractivity contribution in [2.45, 2.75) is 19.8 Å². The minimum atomic E-state index is -0.671. The number of aromatic nitrogens is 1. The van der Waals surface area contributed by atoms with Crippen molar-refractivity contribution in [3.63, 3.8) is 0 Å². The zero-order valence-corrected chi connectivity index (χ0v) is 12.2. The standard InChI is InChI=1S/C17H16N2O3/c1-11-4-2-3-5-12(11)6-9-16(20)19-14-8-7-13(18)10-15(14)22-17(19)21/h2-5,7-8,10H,6,9,18H2,1H3. The molecule has 5 nitrogen and oxygen atoms in total. The van der Waals surface area contributed by atoms with Crippen LogP contribution in [0.2, 0.25) is 0 Å². The molecule has 0 bridgehead atoms. The first-order valence-corrected chi connectivity index (χ1v) is 7.05. The maximum absolute atomic E-state index is 12.4. The van der Waals surface area contributed by atoms with Crippen LogP contribution in [0.25, 0.3) is 11.1 Å². The van der Waals surface area contributed by atoms with Crippen molar-refractivity contribution in [2.24, 2.45) is 0 Å². The lowest BCUT2D eigenvalue weighted by molar-refractivity contribution is 0.0899. The van der Waals surface area contributed by atoms with E-state index in [0.29, 0.717) is 23.2 Å². The highest BCUT2D eigenvalue weighted by Gasteiger charge is 2.16. The lowest BCUT2D eigenvalue weighted by Crippen LogP contribution is -2.22. The maximum atomic E-state index is 12.4. The number of oxazole rings is 1. The Morgan fingerprint density at radius 1 is 1.23 bits per heavy atom. The fraction of sp³-hybridized carbons (Fsp3) is 0.176. The van der Waals surface area contributed by atoms with E-state index in [1.165, 1.54) is 0 Å². The van der Waals surface area contributed by atoms with Crippen LogP contribution >= 0.6 is 0 Å². The predicted octanol–water partition coefficient (Wildman–Crippen LogP) is 2.76. The summed E-state index contributed by atoms with van der Waals surface area (Å²) in [6, 6.07) is 12.7. The zero-order chi connectivity index (χ0) is 15.7. The Morgan fingerprint density at radius 3 is 2.77 bits per heavy atom. The van der Waals surface area contributed by atoms with Crippen molar-refractivity contribution in [1.29, 1.82) is 0 Å². The van der Waals surface area contributed by atoms with Gasteiger partial charge >= 0.3 is 5.76 Å². The molecule has 2 N–H and O–H groups in total. The fourth-order valence-corrected chi connectivity index (χ4v) is 2.52. The zero-order valence-electron chi connectivity index (χ0n) is 12.2. The minimum absolute atomic E-state index is 0.240. The van der Waals surface area contributed by atoms with Gasteiger partial charge in [0.15, 0.2) is 5.58 Å². The molecule has 2 aromatic carbocycles. The lowest BCUT2D eigenvalue weighted by Gasteiger charge is -2.05. The van der Waals surface area contributed by atoms with Gasteiger partial charge in [-0.25, -0.2) is 9.36 Å². The summed E-state index contributed by atoms with van der Waals surface area (Å²) in [6.07, 6.45) is 0.823. The maximum Gasteiger partial charge on any atom is 0.426 e. The predicted molar refractivity (Wildman–Crippen MR) is 85.0 cm³/mol. The van der Waals surface area contributed by atoms with Gasteiger partial charge in [0.25, 0.3) is 0 Å². The molecule has 0 radical (unpaired) electrons. The van der Waals surface area contributed by atoms with Crippen molar-refractivity contribution in [3.05, 3.63) is 64.1 Å². The van der Waals surface area contributed by atoms with E-state index in [1.807, 2.05) is 31.2 Å². The summed E-state index contributed by atoms with van der Waals surface area (Å²) in [5, 5.41) is 0. The molecular weight excluding hydrogens is 280 g/mol. The molecular formula is C17H16N2O3. The Kier molecular flexibility index (Phi) is 3.55. The van der Waals surface area contributed by atoms with Gasteiger partial charge in [-0.1, -0.05) is 24.3 Å². The molecule has 22 heavy (non-hydrogen) atoms. The van der Waals surface area contributed by atoms with Crippen LogP contribution in [-0.2, 0) is 6.42 Å². The third-order valence-electron chi connectivity index (χ3n) is 3.72. The molecule has 0 saturated heterocycles. The van der Waals surface area contributed by atoms with Crippen LogP contribution in [0.4, 0.5) is 5.69 Å². The van der Waals surface area contributed by atoms with Crippen molar-refractivity contribution in [2.75, 3.05) is 5.73 Å². The SMILES string of the molecule is Cc1ccccc1CCC(=O)n1c(=O)oc2cc(N)ccc21. The van der Waals surface area contributed by atoms with Crippen molar-refractivity contribution in [1.82, 2.24) is 4.57 Å². The van der Waals surface area contributed by atoms with E-state index in [0.717, 1.165) is 15.7 Å². The Hall–Kier alpha value is -2.82. The van der Waals surface area contributed by atoms with Crippen LogP contribution in [0.1, 0.15) is 22.3 Å². The van der Waals surface area contributed by atoms with Gasteiger partial charge < -0.3 is 10.2 Å². The number of nitrogens with zero attached hydrogens (tertiary/aromatic N) is 1. The molecule has 1 aromatic heterocycles. The summed E-state index contributed by atoms with van der Waals surface area (Å²) in [5.41, 5.74) is 9.15. The number of hydrogen-bond donors (Lipinski definition) is 1.